The zero-order valence-electron chi connectivity index (χ0n) is 21.7. The van der Waals surface area contributed by atoms with Crippen molar-refractivity contribution in [3.8, 4) is 11.6 Å². The normalized spacial score (nSPS) is 16.9. The highest BCUT2D eigenvalue weighted by Crippen LogP contribution is 2.35. The molecule has 1 aliphatic rings. The predicted octanol–water partition coefficient (Wildman–Crippen LogP) is 5.48. The van der Waals surface area contributed by atoms with Crippen molar-refractivity contribution >= 4 is 34.8 Å². The number of rotatable bonds is 7. The highest BCUT2D eigenvalue weighted by molar-refractivity contribution is 6.08. The molecule has 2 aromatic carbocycles. The van der Waals surface area contributed by atoms with Crippen LogP contribution in [0.5, 0.6) is 11.6 Å². The Labute approximate surface area is 228 Å². The molecule has 0 radical (unpaired) electrons. The molecule has 0 spiro atoms. The third-order valence-corrected chi connectivity index (χ3v) is 6.65. The van der Waals surface area contributed by atoms with Crippen LogP contribution < -0.4 is 15.4 Å². The van der Waals surface area contributed by atoms with Crippen LogP contribution in [0.4, 0.5) is 20.2 Å². The number of carbonyl (C=O) groups excluding carboxylic acids is 2. The van der Waals surface area contributed by atoms with Gasteiger partial charge in [-0.3, -0.25) is 9.59 Å². The zero-order chi connectivity index (χ0) is 28.3. The Kier molecular flexibility index (Phi) is 7.56. The van der Waals surface area contributed by atoms with Crippen LogP contribution in [-0.2, 0) is 9.59 Å². The lowest BCUT2D eigenvalue weighted by Gasteiger charge is -2.29. The minimum Gasteiger partial charge on any atom is -0.434 e. The van der Waals surface area contributed by atoms with Crippen LogP contribution >= 0.6 is 0 Å². The third kappa shape index (κ3) is 6.49. The summed E-state index contributed by atoms with van der Waals surface area (Å²) in [5.41, 5.74) is 2.40. The molecule has 0 aliphatic heterocycles. The fourth-order valence-corrected chi connectivity index (χ4v) is 4.47. The van der Waals surface area contributed by atoms with Crippen molar-refractivity contribution in [2.75, 3.05) is 10.6 Å². The van der Waals surface area contributed by atoms with E-state index in [1.165, 1.54) is 48.3 Å². The lowest BCUT2D eigenvalue weighted by Crippen LogP contribution is -2.27. The summed E-state index contributed by atoms with van der Waals surface area (Å²) >= 11 is 0. The number of aromatic nitrogens is 3. The molecule has 1 saturated carbocycles. The number of ether oxygens (including phenoxy) is 1. The first-order chi connectivity index (χ1) is 19.1. The van der Waals surface area contributed by atoms with Gasteiger partial charge in [0.1, 0.15) is 24.1 Å². The number of hydrogen-bond donors (Lipinski definition) is 3. The largest absolute Gasteiger partial charge is 0.434 e. The molecular weight excluding hydrogens is 520 g/mol. The Balaban J connectivity index is 1.26. The molecule has 0 unspecified atom stereocenters. The Morgan fingerprint density at radius 3 is 2.42 bits per heavy atom. The molecule has 11 heteroatoms. The van der Waals surface area contributed by atoms with Gasteiger partial charge < -0.3 is 20.5 Å². The first-order valence-corrected chi connectivity index (χ1v) is 12.7. The van der Waals surface area contributed by atoms with Gasteiger partial charge in [0.15, 0.2) is 11.6 Å². The number of fused-ring (bicyclic) bond motifs is 1. The number of anilines is 2. The van der Waals surface area contributed by atoms with Gasteiger partial charge in [0.25, 0.3) is 0 Å². The predicted molar refractivity (Wildman–Crippen MR) is 145 cm³/mol. The van der Waals surface area contributed by atoms with Crippen molar-refractivity contribution in [1.29, 1.82) is 0 Å². The molecule has 40 heavy (non-hydrogen) atoms. The minimum absolute atomic E-state index is 0.110. The van der Waals surface area contributed by atoms with Crippen LogP contribution in [0.3, 0.4) is 0 Å². The Morgan fingerprint density at radius 2 is 1.73 bits per heavy atom. The zero-order valence-corrected chi connectivity index (χ0v) is 21.7. The van der Waals surface area contributed by atoms with E-state index < -0.39 is 35.5 Å². The van der Waals surface area contributed by atoms with E-state index in [0.717, 1.165) is 24.5 Å². The molecule has 9 nitrogen and oxygen atoms in total. The number of carbonyl (C=O) groups is 2. The maximum absolute atomic E-state index is 15.0. The van der Waals surface area contributed by atoms with Crippen LogP contribution in [0.1, 0.15) is 44.6 Å². The van der Waals surface area contributed by atoms with Gasteiger partial charge in [0.2, 0.25) is 17.7 Å². The van der Waals surface area contributed by atoms with Crippen LogP contribution in [0.15, 0.2) is 66.6 Å². The highest BCUT2D eigenvalue weighted by atomic mass is 19.1. The van der Waals surface area contributed by atoms with E-state index in [2.05, 4.69) is 20.7 Å². The van der Waals surface area contributed by atoms with E-state index in [1.807, 2.05) is 19.1 Å². The van der Waals surface area contributed by atoms with Gasteiger partial charge in [0, 0.05) is 29.2 Å². The summed E-state index contributed by atoms with van der Waals surface area (Å²) in [5, 5.41) is 19.4. The molecule has 3 N–H and O–H groups in total. The second kappa shape index (κ2) is 11.2. The number of aliphatic hydroxyl groups is 1. The van der Waals surface area contributed by atoms with Crippen LogP contribution in [0.25, 0.3) is 11.6 Å². The van der Waals surface area contributed by atoms with Crippen molar-refractivity contribution in [2.24, 2.45) is 0 Å². The average molecular weight is 548 g/mol. The molecule has 0 atom stereocenters. The summed E-state index contributed by atoms with van der Waals surface area (Å²) in [6, 6.07) is 10.9. The van der Waals surface area contributed by atoms with E-state index >= 15 is 0 Å². The standard InChI is InChI=1S/C29H27F2N5O4/c1-29(39)11-8-18(9-12-29)14-19-10-13-36-27(19)28(32-17-33-36)40-24-7-6-22(15-23(24)31)35-26(38)16-25(37)34-21-4-2-20(30)3-5-21/h2-7,10,13-15,17,39H,8-9,11-12,16H2,1H3,(H,34,37)(H,35,38). The van der Waals surface area contributed by atoms with Gasteiger partial charge >= 0.3 is 0 Å². The monoisotopic (exact) mass is 547 g/mol. The molecular formula is C29H27F2N5O4. The molecule has 1 aliphatic carbocycles. The number of nitrogens with zero attached hydrogens (tertiary/aromatic N) is 3. The summed E-state index contributed by atoms with van der Waals surface area (Å²) in [4.78, 5) is 28.6. The first kappa shape index (κ1) is 26.9. The summed E-state index contributed by atoms with van der Waals surface area (Å²) in [6.07, 6.45) is 7.47. The first-order valence-electron chi connectivity index (χ1n) is 12.7. The average Bonchev–Trinajstić information content (AvgIpc) is 3.32. The fraction of sp³-hybridized carbons (Fsp3) is 0.241. The fourth-order valence-electron chi connectivity index (χ4n) is 4.47. The molecule has 5 rings (SSSR count). The smallest absolute Gasteiger partial charge is 0.247 e. The van der Waals surface area contributed by atoms with Crippen molar-refractivity contribution in [1.82, 2.24) is 14.6 Å². The molecule has 2 amide bonds. The Hall–Kier alpha value is -4.64. The minimum atomic E-state index is -0.744. The van der Waals surface area contributed by atoms with E-state index in [9.17, 15) is 23.5 Å². The number of halogens is 2. The second-order valence-corrected chi connectivity index (χ2v) is 9.96. The SMILES string of the molecule is CC1(O)CCC(=Cc2ccn3ncnc(Oc4ccc(NC(=O)CC(=O)Nc5ccc(F)cc5)cc4F)c23)CC1. The maximum atomic E-state index is 15.0. The van der Waals surface area contributed by atoms with Crippen molar-refractivity contribution in [2.45, 2.75) is 44.6 Å². The lowest BCUT2D eigenvalue weighted by molar-refractivity contribution is -0.123. The summed E-state index contributed by atoms with van der Waals surface area (Å²) in [7, 11) is 0. The van der Waals surface area contributed by atoms with E-state index in [4.69, 9.17) is 4.74 Å². The van der Waals surface area contributed by atoms with E-state index in [1.54, 1.807) is 10.7 Å². The molecule has 206 valence electrons. The molecule has 1 fully saturated rings. The van der Waals surface area contributed by atoms with Crippen LogP contribution in [0, 0.1) is 11.6 Å². The van der Waals surface area contributed by atoms with Gasteiger partial charge in [-0.05, 0) is 75.1 Å². The Morgan fingerprint density at radius 1 is 1.05 bits per heavy atom. The second-order valence-electron chi connectivity index (χ2n) is 9.96. The number of allylic oxidation sites excluding steroid dienone is 1. The molecule has 0 saturated heterocycles. The quantitative estimate of drug-likeness (QED) is 0.264. The van der Waals surface area contributed by atoms with Crippen LogP contribution in [-0.4, -0.2) is 37.1 Å². The summed E-state index contributed by atoms with van der Waals surface area (Å²) in [6.45, 7) is 1.84. The highest BCUT2D eigenvalue weighted by Gasteiger charge is 2.25. The number of benzene rings is 2. The number of amides is 2. The Bertz CT molecular complexity index is 1590. The van der Waals surface area contributed by atoms with E-state index in [0.29, 0.717) is 24.0 Å². The van der Waals surface area contributed by atoms with Gasteiger partial charge in [-0.25, -0.2) is 13.3 Å². The van der Waals surface area contributed by atoms with Gasteiger partial charge in [-0.1, -0.05) is 11.6 Å². The van der Waals surface area contributed by atoms with Gasteiger partial charge in [0.05, 0.1) is 5.60 Å². The third-order valence-electron chi connectivity index (χ3n) is 6.65. The van der Waals surface area contributed by atoms with E-state index in [-0.39, 0.29) is 17.3 Å². The molecule has 0 bridgehead atoms. The molecule has 2 aromatic heterocycles. The molecule has 4 aromatic rings. The van der Waals surface area contributed by atoms with Crippen molar-refractivity contribution < 1.29 is 28.2 Å². The van der Waals surface area contributed by atoms with Crippen molar-refractivity contribution in [3.05, 3.63) is 83.8 Å². The summed E-state index contributed by atoms with van der Waals surface area (Å²) in [5.74, 6) is -2.40. The molecule has 2 heterocycles. The lowest BCUT2D eigenvalue weighted by atomic mass is 9.83. The van der Waals surface area contributed by atoms with Crippen LogP contribution in [0.2, 0.25) is 0 Å². The van der Waals surface area contributed by atoms with Gasteiger partial charge in [-0.15, -0.1) is 0 Å². The number of nitrogens with one attached hydrogen (secondary N) is 2. The maximum Gasteiger partial charge on any atom is 0.247 e. The summed E-state index contributed by atoms with van der Waals surface area (Å²) < 4.78 is 35.4. The number of hydrogen-bond acceptors (Lipinski definition) is 6. The topological polar surface area (TPSA) is 118 Å². The van der Waals surface area contributed by atoms with Gasteiger partial charge in [-0.2, -0.15) is 10.1 Å². The van der Waals surface area contributed by atoms with Crippen molar-refractivity contribution in [3.63, 3.8) is 0 Å².